The van der Waals surface area contributed by atoms with E-state index in [0.717, 1.165) is 6.42 Å². The predicted octanol–water partition coefficient (Wildman–Crippen LogP) is 5.96. The Kier molecular flexibility index (Phi) is 6.56. The van der Waals surface area contributed by atoms with E-state index in [1.54, 1.807) is 12.1 Å². The number of halogens is 1. The Morgan fingerprint density at radius 3 is 2.31 bits per heavy atom. The summed E-state index contributed by atoms with van der Waals surface area (Å²) in [6, 6.07) is 18.9. The Hall–Kier alpha value is -3.98. The van der Waals surface area contributed by atoms with Gasteiger partial charge < -0.3 is 5.32 Å². The monoisotopic (exact) mass is 475 g/mol. The minimum atomic E-state index is -0.316. The molecule has 0 amide bonds. The maximum Gasteiger partial charge on any atom is 0.167 e. The van der Waals surface area contributed by atoms with Gasteiger partial charge in [-0.3, -0.25) is 4.79 Å². The molecule has 6 rings (SSSR count). The van der Waals surface area contributed by atoms with Crippen molar-refractivity contribution in [3.05, 3.63) is 130 Å². The van der Waals surface area contributed by atoms with Gasteiger partial charge in [-0.1, -0.05) is 74.5 Å². The molecule has 1 unspecified atom stereocenters. The van der Waals surface area contributed by atoms with Crippen LogP contribution in [0.25, 0.3) is 23.3 Å². The number of carbonyl (C=O) groups is 1. The zero-order chi connectivity index (χ0) is 25.1. The van der Waals surface area contributed by atoms with Crippen molar-refractivity contribution >= 4 is 17.9 Å². The smallest absolute Gasteiger partial charge is 0.167 e. The largest absolute Gasteiger partial charge is 0.368 e. The number of rotatable bonds is 2. The fourth-order valence-corrected chi connectivity index (χ4v) is 5.42. The van der Waals surface area contributed by atoms with Crippen LogP contribution in [0, 0.1) is 11.7 Å². The summed E-state index contributed by atoms with van der Waals surface area (Å²) in [5, 5.41) is 5.49. The average Bonchev–Trinajstić information content (AvgIpc) is 3.22. The SMILES string of the molecule is C1=CC=CNC=C1.CC1(C)c2ccc3c(c2=CCC1C(=O)c1ccc(F)cc1)=CCc1ccccc1-3. The lowest BCUT2D eigenvalue weighted by Gasteiger charge is -2.37. The molecular weight excluding hydrogens is 445 g/mol. The second-order valence-corrected chi connectivity index (χ2v) is 9.91. The first-order valence-corrected chi connectivity index (χ1v) is 12.4. The number of hydrogen-bond donors (Lipinski definition) is 1. The molecule has 1 heterocycles. The molecule has 180 valence electrons. The van der Waals surface area contributed by atoms with Gasteiger partial charge in [0.2, 0.25) is 0 Å². The highest BCUT2D eigenvalue weighted by Gasteiger charge is 2.39. The number of nitrogens with one attached hydrogen (secondary N) is 1. The average molecular weight is 476 g/mol. The van der Waals surface area contributed by atoms with Crippen molar-refractivity contribution in [3.63, 3.8) is 0 Å². The molecule has 36 heavy (non-hydrogen) atoms. The van der Waals surface area contributed by atoms with E-state index < -0.39 is 0 Å². The third-order valence-electron chi connectivity index (χ3n) is 7.41. The van der Waals surface area contributed by atoms with Crippen LogP contribution in [0.5, 0.6) is 0 Å². The van der Waals surface area contributed by atoms with E-state index in [9.17, 15) is 9.18 Å². The molecule has 1 aliphatic heterocycles. The summed E-state index contributed by atoms with van der Waals surface area (Å²) in [7, 11) is 0. The van der Waals surface area contributed by atoms with Gasteiger partial charge in [-0.25, -0.2) is 4.39 Å². The Morgan fingerprint density at radius 2 is 1.56 bits per heavy atom. The molecule has 2 aliphatic carbocycles. The zero-order valence-electron chi connectivity index (χ0n) is 20.7. The highest BCUT2D eigenvalue weighted by atomic mass is 19.1. The minimum Gasteiger partial charge on any atom is -0.368 e. The number of allylic oxidation sites excluding steroid dienone is 4. The number of fused-ring (bicyclic) bond motifs is 5. The van der Waals surface area contributed by atoms with Crippen LogP contribution in [0.15, 0.2) is 97.4 Å². The zero-order valence-corrected chi connectivity index (χ0v) is 20.7. The molecule has 0 bridgehead atoms. The summed E-state index contributed by atoms with van der Waals surface area (Å²) in [5.74, 6) is -0.387. The molecule has 3 aliphatic rings. The fraction of sp³-hybridized carbons (Fsp3) is 0.182. The highest BCUT2D eigenvalue weighted by molar-refractivity contribution is 5.99. The number of ketones is 1. The van der Waals surface area contributed by atoms with E-state index in [1.807, 2.05) is 36.7 Å². The molecule has 1 atom stereocenters. The first-order valence-electron chi connectivity index (χ1n) is 12.4. The molecule has 0 aromatic heterocycles. The van der Waals surface area contributed by atoms with E-state index in [1.165, 1.54) is 44.8 Å². The molecule has 2 nitrogen and oxygen atoms in total. The Bertz CT molecular complexity index is 1490. The molecule has 3 heteroatoms. The predicted molar refractivity (Wildman–Crippen MR) is 146 cm³/mol. The lowest BCUT2D eigenvalue weighted by molar-refractivity contribution is 0.0864. The van der Waals surface area contributed by atoms with Crippen molar-refractivity contribution in [3.8, 4) is 11.1 Å². The van der Waals surface area contributed by atoms with E-state index in [4.69, 9.17) is 0 Å². The van der Waals surface area contributed by atoms with Gasteiger partial charge in [-0.15, -0.1) is 0 Å². The van der Waals surface area contributed by atoms with E-state index in [-0.39, 0.29) is 22.9 Å². The van der Waals surface area contributed by atoms with Gasteiger partial charge >= 0.3 is 0 Å². The van der Waals surface area contributed by atoms with Crippen LogP contribution in [0.3, 0.4) is 0 Å². The normalized spacial score (nSPS) is 18.0. The van der Waals surface area contributed by atoms with Crippen LogP contribution < -0.4 is 15.8 Å². The van der Waals surface area contributed by atoms with Crippen molar-refractivity contribution in [1.82, 2.24) is 5.32 Å². The molecule has 3 aromatic carbocycles. The van der Waals surface area contributed by atoms with Crippen LogP contribution >= 0.6 is 0 Å². The highest BCUT2D eigenvalue weighted by Crippen LogP contribution is 2.38. The number of benzene rings is 3. The Labute approximate surface area is 211 Å². The first-order chi connectivity index (χ1) is 17.5. The van der Waals surface area contributed by atoms with Crippen molar-refractivity contribution in [1.29, 1.82) is 0 Å². The summed E-state index contributed by atoms with van der Waals surface area (Å²) in [5.41, 5.74) is 5.46. The van der Waals surface area contributed by atoms with Crippen LogP contribution in [0.4, 0.5) is 4.39 Å². The van der Waals surface area contributed by atoms with Gasteiger partial charge in [-0.2, -0.15) is 0 Å². The number of hydrogen-bond acceptors (Lipinski definition) is 2. The molecule has 0 fully saturated rings. The van der Waals surface area contributed by atoms with Crippen LogP contribution in [0.1, 0.15) is 41.8 Å². The molecule has 0 saturated heterocycles. The molecule has 0 saturated carbocycles. The van der Waals surface area contributed by atoms with Gasteiger partial charge in [-0.05, 0) is 82.0 Å². The van der Waals surface area contributed by atoms with Crippen molar-refractivity contribution in [2.24, 2.45) is 5.92 Å². The molecule has 1 N–H and O–H groups in total. The van der Waals surface area contributed by atoms with Crippen molar-refractivity contribution in [2.45, 2.75) is 32.1 Å². The second kappa shape index (κ2) is 9.94. The summed E-state index contributed by atoms with van der Waals surface area (Å²) in [6.45, 7) is 4.32. The summed E-state index contributed by atoms with van der Waals surface area (Å²) < 4.78 is 13.3. The summed E-state index contributed by atoms with van der Waals surface area (Å²) in [4.78, 5) is 13.2. The lowest BCUT2D eigenvalue weighted by Crippen LogP contribution is -2.46. The molecule has 0 spiro atoms. The molecule has 3 aromatic rings. The van der Waals surface area contributed by atoms with E-state index in [2.05, 4.69) is 67.7 Å². The van der Waals surface area contributed by atoms with E-state index in [0.29, 0.717) is 12.0 Å². The van der Waals surface area contributed by atoms with Gasteiger partial charge in [0.1, 0.15) is 5.82 Å². The Balaban J connectivity index is 0.000000330. The number of carbonyl (C=O) groups excluding carboxylic acids is 1. The maximum atomic E-state index is 13.3. The molecule has 0 radical (unpaired) electrons. The standard InChI is InChI=1S/C27H23FO.C6H7N/c1-27(2)24-15-13-21-20-6-4-3-5-17(20)9-12-22(21)23(24)14-16-25(27)26(29)18-7-10-19(28)11-8-18;1-2-4-6-7-5-3-1/h3-8,10-15,25H,9,16H2,1-2H3;1-7H. The molecular formula is C33H30FNO. The Morgan fingerprint density at radius 1 is 0.833 bits per heavy atom. The number of Topliss-reactive ketones (excluding diaryl/α,β-unsaturated/α-hetero) is 1. The van der Waals surface area contributed by atoms with Crippen LogP contribution in [-0.2, 0) is 11.8 Å². The van der Waals surface area contributed by atoms with Gasteiger partial charge in [0.15, 0.2) is 5.78 Å². The summed E-state index contributed by atoms with van der Waals surface area (Å²) >= 11 is 0. The van der Waals surface area contributed by atoms with Crippen molar-refractivity contribution in [2.75, 3.05) is 0 Å². The second-order valence-electron chi connectivity index (χ2n) is 9.91. The van der Waals surface area contributed by atoms with E-state index >= 15 is 0 Å². The van der Waals surface area contributed by atoms with Crippen LogP contribution in [-0.4, -0.2) is 5.78 Å². The van der Waals surface area contributed by atoms with Crippen molar-refractivity contribution < 1.29 is 9.18 Å². The summed E-state index contributed by atoms with van der Waals surface area (Å²) in [6.07, 6.45) is 17.8. The van der Waals surface area contributed by atoms with Gasteiger partial charge in [0, 0.05) is 29.3 Å². The maximum absolute atomic E-state index is 13.3. The van der Waals surface area contributed by atoms with Gasteiger partial charge in [0.25, 0.3) is 0 Å². The van der Waals surface area contributed by atoms with Gasteiger partial charge in [0.05, 0.1) is 0 Å². The topological polar surface area (TPSA) is 29.1 Å². The quantitative estimate of drug-likeness (QED) is 0.463. The first kappa shape index (κ1) is 23.7. The minimum absolute atomic E-state index is 0.0870. The lowest BCUT2D eigenvalue weighted by atomic mass is 9.65. The third kappa shape index (κ3) is 4.49. The van der Waals surface area contributed by atoms with Crippen LogP contribution in [0.2, 0.25) is 0 Å². The third-order valence-corrected chi connectivity index (χ3v) is 7.41. The fourth-order valence-electron chi connectivity index (χ4n) is 5.42.